The third-order valence-electron chi connectivity index (χ3n) is 3.41. The van der Waals surface area contributed by atoms with Crippen LogP contribution in [-0.4, -0.2) is 43.9 Å². The molecule has 0 spiro atoms. The van der Waals surface area contributed by atoms with Crippen LogP contribution in [0.2, 0.25) is 0 Å². The fraction of sp³-hybridized carbons (Fsp3) is 0.308. The van der Waals surface area contributed by atoms with Crippen molar-refractivity contribution in [2.75, 3.05) is 0 Å². The van der Waals surface area contributed by atoms with Gasteiger partial charge in [0, 0.05) is 6.42 Å². The summed E-state index contributed by atoms with van der Waals surface area (Å²) in [5.41, 5.74) is 0.495. The molecule has 0 saturated carbocycles. The largest absolute Gasteiger partial charge is 0.508 e. The third-order valence-corrected chi connectivity index (χ3v) is 3.41. The Bertz CT molecular complexity index is 549. The van der Waals surface area contributed by atoms with Crippen molar-refractivity contribution in [3.8, 4) is 5.75 Å². The molecule has 1 heterocycles. The van der Waals surface area contributed by atoms with Gasteiger partial charge in [0.2, 0.25) is 6.04 Å². The van der Waals surface area contributed by atoms with E-state index in [9.17, 15) is 24.7 Å². The summed E-state index contributed by atoms with van der Waals surface area (Å²) in [6.07, 6.45) is -0.507. The number of hydrogen-bond acceptors (Lipinski definition) is 5. The number of carbonyl (C=O) groups is 3. The maximum atomic E-state index is 11.7. The quantitative estimate of drug-likeness (QED) is 0.419. The Labute approximate surface area is 114 Å². The Morgan fingerprint density at radius 1 is 1.15 bits per heavy atom. The van der Waals surface area contributed by atoms with Crippen molar-refractivity contribution >= 4 is 17.8 Å². The molecule has 1 aromatic carbocycles. The number of quaternary nitrogens is 1. The van der Waals surface area contributed by atoms with Crippen LogP contribution in [-0.2, 0) is 20.8 Å². The van der Waals surface area contributed by atoms with Gasteiger partial charge >= 0.3 is 17.8 Å². The van der Waals surface area contributed by atoms with Crippen molar-refractivity contribution in [1.29, 1.82) is 0 Å². The molecule has 2 amide bonds. The second-order valence-electron chi connectivity index (χ2n) is 4.70. The molecule has 0 radical (unpaired) electrons. The first-order valence-corrected chi connectivity index (χ1v) is 6.04. The van der Waals surface area contributed by atoms with Crippen molar-refractivity contribution in [2.24, 2.45) is 0 Å². The van der Waals surface area contributed by atoms with Crippen LogP contribution in [0.25, 0.3) is 0 Å². The molecular weight excluding hydrogens is 266 g/mol. The Morgan fingerprint density at radius 3 is 2.10 bits per heavy atom. The minimum atomic E-state index is -1.68. The molecule has 106 valence electrons. The van der Waals surface area contributed by atoms with Crippen molar-refractivity contribution in [3.63, 3.8) is 0 Å². The van der Waals surface area contributed by atoms with Crippen LogP contribution >= 0.6 is 0 Å². The summed E-state index contributed by atoms with van der Waals surface area (Å²) >= 11 is 0. The summed E-state index contributed by atoms with van der Waals surface area (Å²) < 4.78 is -1.68. The fourth-order valence-electron chi connectivity index (χ4n) is 2.28. The Hall–Kier alpha value is -2.25. The number of hydroxylamine groups is 3. The second kappa shape index (κ2) is 5.03. The first kappa shape index (κ1) is 14.2. The lowest BCUT2D eigenvalue weighted by molar-refractivity contribution is -0.984. The van der Waals surface area contributed by atoms with Crippen LogP contribution in [0.4, 0.5) is 0 Å². The molecule has 1 atom stereocenters. The van der Waals surface area contributed by atoms with Crippen LogP contribution in [0.3, 0.4) is 0 Å². The van der Waals surface area contributed by atoms with Crippen molar-refractivity contribution in [1.82, 2.24) is 0 Å². The van der Waals surface area contributed by atoms with Crippen LogP contribution in [0.5, 0.6) is 5.75 Å². The Kier molecular flexibility index (Phi) is 3.56. The molecule has 0 aromatic heterocycles. The lowest BCUT2D eigenvalue weighted by Gasteiger charge is -2.26. The first-order chi connectivity index (χ1) is 9.35. The lowest BCUT2D eigenvalue weighted by Crippen LogP contribution is -2.60. The Morgan fingerprint density at radius 2 is 1.65 bits per heavy atom. The maximum Gasteiger partial charge on any atom is 0.367 e. The number of aliphatic carboxylic acids is 1. The minimum absolute atomic E-state index is 0.0156. The van der Waals surface area contributed by atoms with E-state index in [-0.39, 0.29) is 25.0 Å². The van der Waals surface area contributed by atoms with E-state index in [1.807, 2.05) is 0 Å². The smallest absolute Gasteiger partial charge is 0.367 e. The molecule has 7 heteroatoms. The van der Waals surface area contributed by atoms with Gasteiger partial charge in [-0.1, -0.05) is 12.1 Å². The summed E-state index contributed by atoms with van der Waals surface area (Å²) in [4.78, 5) is 34.7. The highest BCUT2D eigenvalue weighted by Gasteiger charge is 2.58. The summed E-state index contributed by atoms with van der Waals surface area (Å²) in [5.74, 6) is -3.02. The molecule has 2 rings (SSSR count). The standard InChI is InChI=1S/C13H13NO6/c15-9-3-1-8(2-4-9)7-10(13(18)19)14(20)11(16)5-6-12(14)17/h1-4,10,20H,5-7H2,(H-,15,18,19)/p+1. The number of carboxylic acid groups (broad SMARTS) is 1. The number of rotatable bonds is 4. The predicted octanol–water partition coefficient (Wildman–Crippen LogP) is 0.441. The van der Waals surface area contributed by atoms with E-state index in [1.165, 1.54) is 24.3 Å². The number of phenolic OH excluding ortho intramolecular Hbond substituents is 1. The van der Waals surface area contributed by atoms with Crippen molar-refractivity contribution in [2.45, 2.75) is 25.3 Å². The molecule has 1 fully saturated rings. The second-order valence-corrected chi connectivity index (χ2v) is 4.70. The normalized spacial score (nSPS) is 19.1. The highest BCUT2D eigenvalue weighted by Crippen LogP contribution is 2.26. The molecule has 1 aliphatic rings. The number of likely N-dealkylation sites (tertiary alicyclic amines) is 1. The summed E-state index contributed by atoms with van der Waals surface area (Å²) in [6, 6.07) is 4.10. The van der Waals surface area contributed by atoms with Gasteiger partial charge in [-0.2, -0.15) is 0 Å². The monoisotopic (exact) mass is 280 g/mol. The highest BCUT2D eigenvalue weighted by atomic mass is 16.6. The van der Waals surface area contributed by atoms with E-state index >= 15 is 0 Å². The van der Waals surface area contributed by atoms with Gasteiger partial charge < -0.3 is 10.2 Å². The zero-order valence-electron chi connectivity index (χ0n) is 10.5. The SMILES string of the molecule is O=C(O)C(Cc1ccc(O)cc1)[N+]1(O)C(=O)CCC1=O. The summed E-state index contributed by atoms with van der Waals surface area (Å²) in [7, 11) is 0. The lowest BCUT2D eigenvalue weighted by atomic mass is 10.0. The van der Waals surface area contributed by atoms with E-state index in [2.05, 4.69) is 0 Å². The van der Waals surface area contributed by atoms with Gasteiger partial charge in [0.05, 0.1) is 12.8 Å². The van der Waals surface area contributed by atoms with E-state index in [4.69, 9.17) is 5.11 Å². The number of aromatic hydroxyl groups is 1. The highest BCUT2D eigenvalue weighted by molar-refractivity contribution is 5.93. The Balaban J connectivity index is 2.32. The number of benzene rings is 1. The molecule has 1 aliphatic heterocycles. The maximum absolute atomic E-state index is 11.7. The average Bonchev–Trinajstić information content (AvgIpc) is 2.66. The number of carboxylic acids is 1. The van der Waals surface area contributed by atoms with Gasteiger partial charge in [0.15, 0.2) is 0 Å². The van der Waals surface area contributed by atoms with Gasteiger partial charge in [-0.15, -0.1) is 0 Å². The van der Waals surface area contributed by atoms with E-state index in [0.717, 1.165) is 0 Å². The van der Waals surface area contributed by atoms with Gasteiger partial charge in [0.1, 0.15) is 5.75 Å². The number of imide groups is 1. The van der Waals surface area contributed by atoms with E-state index in [0.29, 0.717) is 5.56 Å². The van der Waals surface area contributed by atoms with Gasteiger partial charge in [-0.05, 0) is 22.3 Å². The predicted molar refractivity (Wildman–Crippen MR) is 64.5 cm³/mol. The third kappa shape index (κ3) is 2.28. The van der Waals surface area contributed by atoms with Crippen LogP contribution in [0.1, 0.15) is 18.4 Å². The van der Waals surface area contributed by atoms with Gasteiger partial charge in [-0.25, -0.2) is 19.6 Å². The molecule has 0 aliphatic carbocycles. The molecule has 1 aromatic rings. The first-order valence-electron chi connectivity index (χ1n) is 6.04. The zero-order valence-corrected chi connectivity index (χ0v) is 10.5. The topological polar surface area (TPSA) is 112 Å². The molecule has 7 nitrogen and oxygen atoms in total. The fourth-order valence-corrected chi connectivity index (χ4v) is 2.28. The van der Waals surface area contributed by atoms with Crippen molar-refractivity contribution in [3.05, 3.63) is 29.8 Å². The van der Waals surface area contributed by atoms with Crippen LogP contribution < -0.4 is 0 Å². The minimum Gasteiger partial charge on any atom is -0.508 e. The van der Waals surface area contributed by atoms with Gasteiger partial charge in [-0.3, -0.25) is 0 Å². The van der Waals surface area contributed by atoms with E-state index < -0.39 is 28.5 Å². The van der Waals surface area contributed by atoms with Crippen molar-refractivity contribution < 1.29 is 34.5 Å². The van der Waals surface area contributed by atoms with Crippen LogP contribution in [0, 0.1) is 0 Å². The molecule has 1 saturated heterocycles. The summed E-state index contributed by atoms with van der Waals surface area (Å²) in [6.45, 7) is 0. The zero-order chi connectivity index (χ0) is 14.9. The average molecular weight is 280 g/mol. The number of hydrogen-bond donors (Lipinski definition) is 3. The molecule has 3 N–H and O–H groups in total. The molecule has 0 bridgehead atoms. The molecular formula is C13H14NO6+. The molecule has 1 unspecified atom stereocenters. The number of amides is 2. The number of phenols is 1. The number of nitrogens with zero attached hydrogens (tertiary/aromatic N) is 1. The van der Waals surface area contributed by atoms with E-state index in [1.54, 1.807) is 0 Å². The summed E-state index contributed by atoms with van der Waals surface area (Å²) in [5, 5.41) is 28.6. The van der Waals surface area contributed by atoms with Gasteiger partial charge in [0.25, 0.3) is 0 Å². The number of carbonyl (C=O) groups excluding carboxylic acids is 2. The molecule has 20 heavy (non-hydrogen) atoms. The van der Waals surface area contributed by atoms with Crippen LogP contribution in [0.15, 0.2) is 24.3 Å².